The van der Waals surface area contributed by atoms with Crippen molar-refractivity contribution >= 4 is 50.4 Å². The smallest absolute Gasteiger partial charge is 0.418 e. The highest BCUT2D eigenvalue weighted by atomic mass is 32.3. The molecule has 1 saturated heterocycles. The maximum Gasteiger partial charge on any atom is 0.418 e. The van der Waals surface area contributed by atoms with Gasteiger partial charge in [0.1, 0.15) is 25.4 Å². The summed E-state index contributed by atoms with van der Waals surface area (Å²) in [5, 5.41) is 21.9. The molecule has 7 N–H and O–H groups in total. The van der Waals surface area contributed by atoms with E-state index in [2.05, 4.69) is 24.8 Å². The second-order valence-corrected chi connectivity index (χ2v) is 12.3. The fraction of sp³-hybridized carbons (Fsp3) is 0.400. The van der Waals surface area contributed by atoms with E-state index in [1.807, 2.05) is 6.20 Å². The summed E-state index contributed by atoms with van der Waals surface area (Å²) >= 11 is 0.956. The summed E-state index contributed by atoms with van der Waals surface area (Å²) in [6.07, 6.45) is 4.33. The summed E-state index contributed by atoms with van der Waals surface area (Å²) in [6.45, 7) is 3.44. The fourth-order valence-electron chi connectivity index (χ4n) is 4.29. The van der Waals surface area contributed by atoms with Crippen molar-refractivity contribution in [2.24, 2.45) is 17.9 Å². The number of pyridine rings is 1. The van der Waals surface area contributed by atoms with Crippen molar-refractivity contribution in [3.63, 3.8) is 0 Å². The van der Waals surface area contributed by atoms with Crippen molar-refractivity contribution in [3.05, 3.63) is 41.8 Å². The number of nitrogens with zero attached hydrogens (tertiary/aromatic N) is 6. The Balaban J connectivity index is 1.46. The van der Waals surface area contributed by atoms with E-state index in [9.17, 15) is 27.9 Å². The van der Waals surface area contributed by atoms with Gasteiger partial charge in [0.15, 0.2) is 16.6 Å². The second-order valence-electron chi connectivity index (χ2n) is 10.4. The largest absolute Gasteiger partial charge is 0.483 e. The van der Waals surface area contributed by atoms with Crippen LogP contribution in [-0.2, 0) is 47.5 Å². The molecule has 2 amide bonds. The lowest BCUT2D eigenvalue weighted by Gasteiger charge is -2.50. The molecule has 0 spiro atoms. The van der Waals surface area contributed by atoms with Gasteiger partial charge in [0, 0.05) is 24.2 Å². The number of oxime groups is 1. The van der Waals surface area contributed by atoms with Crippen LogP contribution in [0.25, 0.3) is 11.3 Å². The van der Waals surface area contributed by atoms with Gasteiger partial charge in [-0.2, -0.15) is 23.1 Å². The van der Waals surface area contributed by atoms with Crippen molar-refractivity contribution in [2.75, 3.05) is 18.9 Å². The third-order valence-corrected chi connectivity index (χ3v) is 7.69. The highest BCUT2D eigenvalue weighted by molar-refractivity contribution is 7.80. The van der Waals surface area contributed by atoms with Crippen LogP contribution >= 0.6 is 11.3 Å². The van der Waals surface area contributed by atoms with Crippen molar-refractivity contribution in [2.45, 2.75) is 44.5 Å². The van der Waals surface area contributed by atoms with Crippen molar-refractivity contribution in [1.82, 2.24) is 25.1 Å². The number of anilines is 1. The third-order valence-electron chi connectivity index (χ3n) is 6.68. The molecule has 0 radical (unpaired) electrons. The van der Waals surface area contributed by atoms with Gasteiger partial charge in [0.25, 0.3) is 17.9 Å². The van der Waals surface area contributed by atoms with Gasteiger partial charge in [-0.1, -0.05) is 5.16 Å². The maximum absolute atomic E-state index is 13.2. The second kappa shape index (κ2) is 13.7. The minimum absolute atomic E-state index is 0.0561. The third kappa shape index (κ3) is 7.92. The molecule has 0 bridgehead atoms. The average Bonchev–Trinajstić information content (AvgIpc) is 3.63. The van der Waals surface area contributed by atoms with Gasteiger partial charge in [-0.3, -0.25) is 18.8 Å². The molecule has 3 aromatic rings. The lowest BCUT2D eigenvalue weighted by Crippen LogP contribution is -2.76. The Hall–Kier alpha value is -4.70. The quantitative estimate of drug-likeness (QED) is 0.0417. The number of hydrogen-bond acceptors (Lipinski definition) is 14. The number of nitrogen functional groups attached to an aromatic ring is 1. The SMILES string of the molecule is C[n+]1cc(OCC(ON=C(C(=O)NC2C(=O)N(OS(=O)(=O)O)C2(C)C)c2csc(N)n2)C(=O)O)ccc1-c1cnn(CCCN)c1. The zero-order chi connectivity index (χ0) is 33.8. The maximum atomic E-state index is 13.2. The molecule has 4 heterocycles. The summed E-state index contributed by atoms with van der Waals surface area (Å²) in [5.74, 6) is -3.17. The number of β-lactam (4-membered cyclic amide) rings is 1. The Labute approximate surface area is 266 Å². The molecular weight excluding hydrogens is 650 g/mol. The molecule has 3 aromatic heterocycles. The number of aromatic nitrogens is 4. The van der Waals surface area contributed by atoms with Crippen molar-refractivity contribution in [1.29, 1.82) is 0 Å². The number of ether oxygens (including phenoxy) is 1. The van der Waals surface area contributed by atoms with Crippen LogP contribution < -0.4 is 26.1 Å². The lowest BCUT2D eigenvalue weighted by atomic mass is 9.84. The van der Waals surface area contributed by atoms with E-state index in [4.69, 9.17) is 25.6 Å². The van der Waals surface area contributed by atoms with Gasteiger partial charge in [-0.05, 0) is 32.9 Å². The van der Waals surface area contributed by atoms with Gasteiger partial charge in [0.2, 0.25) is 11.9 Å². The predicted molar refractivity (Wildman–Crippen MR) is 159 cm³/mol. The van der Waals surface area contributed by atoms with Gasteiger partial charge < -0.3 is 31.5 Å². The summed E-state index contributed by atoms with van der Waals surface area (Å²) in [4.78, 5) is 46.9. The normalized spacial score (nSPS) is 16.9. The minimum atomic E-state index is -5.02. The zero-order valence-corrected chi connectivity index (χ0v) is 26.4. The molecule has 2 atom stereocenters. The molecular formula is C25H32N9O10S2+. The first kappa shape index (κ1) is 34.2. The summed E-state index contributed by atoms with van der Waals surface area (Å²) in [7, 11) is -3.24. The number of carboxylic acids is 1. The Morgan fingerprint density at radius 1 is 1.33 bits per heavy atom. The van der Waals surface area contributed by atoms with Gasteiger partial charge >= 0.3 is 16.4 Å². The van der Waals surface area contributed by atoms with E-state index in [1.54, 1.807) is 40.8 Å². The molecule has 21 heteroatoms. The summed E-state index contributed by atoms with van der Waals surface area (Å²) < 4.78 is 44.6. The van der Waals surface area contributed by atoms with E-state index in [0.29, 0.717) is 23.9 Å². The van der Waals surface area contributed by atoms with Crippen LogP contribution in [0.1, 0.15) is 26.0 Å². The Morgan fingerprint density at radius 3 is 2.65 bits per heavy atom. The Morgan fingerprint density at radius 2 is 2.07 bits per heavy atom. The molecule has 248 valence electrons. The predicted octanol–water partition coefficient (Wildman–Crippen LogP) is -1.14. The first-order valence-corrected chi connectivity index (χ1v) is 15.7. The number of hydroxylamine groups is 2. The topological polar surface area (TPSA) is 268 Å². The number of carbonyl (C=O) groups is 3. The van der Waals surface area contributed by atoms with Crippen LogP contribution in [0.5, 0.6) is 5.75 Å². The molecule has 0 aromatic carbocycles. The van der Waals surface area contributed by atoms with E-state index in [1.165, 1.54) is 19.2 Å². The average molecular weight is 683 g/mol. The molecule has 0 saturated carbocycles. The first-order chi connectivity index (χ1) is 21.6. The van der Waals surface area contributed by atoms with Crippen LogP contribution in [0.4, 0.5) is 5.13 Å². The molecule has 19 nitrogen and oxygen atoms in total. The number of hydrogen-bond donors (Lipinski definition) is 5. The number of aryl methyl sites for hydroxylation is 2. The number of nitrogens with two attached hydrogens (primary N) is 2. The van der Waals surface area contributed by atoms with Crippen LogP contribution in [0.2, 0.25) is 0 Å². The summed E-state index contributed by atoms with van der Waals surface area (Å²) in [5.41, 5.74) is 10.9. The van der Waals surface area contributed by atoms with Gasteiger partial charge in [-0.25, -0.2) is 9.78 Å². The fourth-order valence-corrected chi connectivity index (χ4v) is 5.30. The van der Waals surface area contributed by atoms with E-state index >= 15 is 0 Å². The Kier molecular flexibility index (Phi) is 10.2. The molecule has 2 unspecified atom stereocenters. The monoisotopic (exact) mass is 682 g/mol. The van der Waals surface area contributed by atoms with Crippen molar-refractivity contribution < 1.29 is 50.9 Å². The number of thiazole rings is 1. The molecule has 4 rings (SSSR count). The number of nitrogens with one attached hydrogen (secondary N) is 1. The first-order valence-electron chi connectivity index (χ1n) is 13.5. The molecule has 1 aliphatic rings. The van der Waals surface area contributed by atoms with E-state index in [-0.39, 0.29) is 10.8 Å². The number of aliphatic carboxylic acids is 1. The summed E-state index contributed by atoms with van der Waals surface area (Å²) in [6, 6.07) is 2.08. The highest BCUT2D eigenvalue weighted by Crippen LogP contribution is 2.33. The van der Waals surface area contributed by atoms with Gasteiger partial charge in [-0.15, -0.1) is 15.6 Å². The molecule has 46 heavy (non-hydrogen) atoms. The molecule has 1 fully saturated rings. The van der Waals surface area contributed by atoms with Crippen LogP contribution in [0.15, 0.2) is 41.3 Å². The number of amides is 2. The number of carbonyl (C=O) groups excluding carboxylic acids is 2. The van der Waals surface area contributed by atoms with Crippen LogP contribution in [0, 0.1) is 0 Å². The van der Waals surface area contributed by atoms with E-state index < -0.39 is 58.2 Å². The minimum Gasteiger partial charge on any atom is -0.483 e. The molecule has 1 aliphatic heterocycles. The van der Waals surface area contributed by atoms with Crippen molar-refractivity contribution in [3.8, 4) is 17.0 Å². The zero-order valence-electron chi connectivity index (χ0n) is 24.8. The lowest BCUT2D eigenvalue weighted by molar-refractivity contribution is -0.660. The number of carboxylic acid groups (broad SMARTS) is 1. The van der Waals surface area contributed by atoms with Gasteiger partial charge in [0.05, 0.1) is 17.3 Å². The van der Waals surface area contributed by atoms with Crippen LogP contribution in [-0.4, -0.2) is 92.2 Å². The Bertz CT molecular complexity index is 1760. The van der Waals surface area contributed by atoms with Crippen LogP contribution in [0.3, 0.4) is 0 Å². The van der Waals surface area contributed by atoms with E-state index in [0.717, 1.165) is 29.0 Å². The number of rotatable bonds is 15. The highest BCUT2D eigenvalue weighted by Gasteiger charge is 2.58. The molecule has 0 aliphatic carbocycles. The standard InChI is InChI=1S/C25H31N9O10S2/c1-25(2)20(22(36)34(25)44-46(39,40)41)30-21(35)19(16-13-45-24(27)29-16)31-43-18(23(37)38)12-42-15-5-6-17(32(3)11-15)14-9-28-33(10-14)8-4-7-26/h5-6,9-11,13,18,20H,4,7-8,12,26H2,1-3H3,(H4-,27,29,30,35,37,38,39,40,41)/p+1.